The van der Waals surface area contributed by atoms with Gasteiger partial charge in [0.25, 0.3) is 0 Å². The van der Waals surface area contributed by atoms with Gasteiger partial charge in [-0.25, -0.2) is 0 Å². The molecule has 0 aromatic rings. The van der Waals surface area contributed by atoms with Crippen molar-refractivity contribution >= 4 is 16.7 Å². The second-order valence-corrected chi connectivity index (χ2v) is 7.42. The molecule has 0 radical (unpaired) electrons. The van der Waals surface area contributed by atoms with Crippen LogP contribution >= 0.6 is 0 Å². The molecule has 0 bridgehead atoms. The maximum Gasteiger partial charge on any atom is 0.225 e. The van der Waals surface area contributed by atoms with Gasteiger partial charge in [-0.15, -0.1) is 0 Å². The van der Waals surface area contributed by atoms with Crippen LogP contribution in [0.2, 0.25) is 0 Å². The van der Waals surface area contributed by atoms with Gasteiger partial charge in [-0.05, 0) is 33.1 Å². The lowest BCUT2D eigenvalue weighted by Crippen LogP contribution is -2.56. The number of carbonyl (C=O) groups is 1. The van der Waals surface area contributed by atoms with E-state index >= 15 is 0 Å². The first-order chi connectivity index (χ1) is 8.49. The molecule has 2 atom stereocenters. The average Bonchev–Trinajstić information content (AvgIpc) is 2.28. The normalized spacial score (nSPS) is 32.2. The van der Waals surface area contributed by atoms with Crippen LogP contribution in [-0.4, -0.2) is 51.3 Å². The van der Waals surface area contributed by atoms with Gasteiger partial charge in [0.1, 0.15) is 0 Å². The van der Waals surface area contributed by atoms with Crippen molar-refractivity contribution in [2.75, 3.05) is 24.7 Å². The Balaban J connectivity index is 1.93. The summed E-state index contributed by atoms with van der Waals surface area (Å²) in [6, 6.07) is 0. The van der Waals surface area contributed by atoms with Crippen LogP contribution in [-0.2, 0) is 20.3 Å². The number of ether oxygens (including phenoxy) is 1. The van der Waals surface area contributed by atoms with E-state index in [1.54, 1.807) is 0 Å². The Labute approximate surface area is 112 Å². The second-order valence-electron chi connectivity index (χ2n) is 5.84. The van der Waals surface area contributed by atoms with E-state index in [0.717, 1.165) is 25.9 Å². The minimum Gasteiger partial charge on any atom is -0.378 e. The largest absolute Gasteiger partial charge is 0.378 e. The Morgan fingerprint density at radius 2 is 2.22 bits per heavy atom. The molecule has 0 N–H and O–H groups in total. The summed E-state index contributed by atoms with van der Waals surface area (Å²) in [6.07, 6.45) is 3.83. The van der Waals surface area contributed by atoms with Gasteiger partial charge < -0.3 is 9.64 Å². The van der Waals surface area contributed by atoms with Crippen LogP contribution in [0, 0.1) is 0 Å². The minimum atomic E-state index is -0.779. The van der Waals surface area contributed by atoms with Gasteiger partial charge in [0.05, 0.1) is 12.5 Å². The van der Waals surface area contributed by atoms with Crippen LogP contribution in [0.4, 0.5) is 0 Å². The molecule has 2 saturated heterocycles. The van der Waals surface area contributed by atoms with Gasteiger partial charge in [0, 0.05) is 41.0 Å². The summed E-state index contributed by atoms with van der Waals surface area (Å²) >= 11 is 0. The first kappa shape index (κ1) is 14.0. The highest BCUT2D eigenvalue weighted by Crippen LogP contribution is 2.24. The topological polar surface area (TPSA) is 46.6 Å². The summed E-state index contributed by atoms with van der Waals surface area (Å²) < 4.78 is 17.2. The summed E-state index contributed by atoms with van der Waals surface area (Å²) in [5.41, 5.74) is -0.283. The van der Waals surface area contributed by atoms with Gasteiger partial charge in [-0.2, -0.15) is 0 Å². The molecular weight excluding hydrogens is 250 g/mol. The third kappa shape index (κ3) is 3.32. The molecule has 4 nitrogen and oxygen atoms in total. The van der Waals surface area contributed by atoms with Crippen LogP contribution in [0.25, 0.3) is 0 Å². The predicted octanol–water partition coefficient (Wildman–Crippen LogP) is 1.32. The SMILES string of the molecule is CC1(C)CS(=O)CCN1C(=O)CC1CCCCO1. The lowest BCUT2D eigenvalue weighted by Gasteiger charge is -2.42. The van der Waals surface area contributed by atoms with E-state index in [9.17, 15) is 9.00 Å². The summed E-state index contributed by atoms with van der Waals surface area (Å²) in [7, 11) is -0.779. The van der Waals surface area contributed by atoms with E-state index in [1.807, 2.05) is 18.7 Å². The van der Waals surface area contributed by atoms with Gasteiger partial charge >= 0.3 is 0 Å². The molecule has 0 saturated carbocycles. The Bertz CT molecular complexity index is 337. The number of amides is 1. The summed E-state index contributed by atoms with van der Waals surface area (Å²) in [4.78, 5) is 14.2. The maximum atomic E-state index is 12.3. The van der Waals surface area contributed by atoms with Gasteiger partial charge in [0.15, 0.2) is 0 Å². The molecule has 104 valence electrons. The molecule has 0 spiro atoms. The van der Waals surface area contributed by atoms with E-state index in [-0.39, 0.29) is 17.6 Å². The van der Waals surface area contributed by atoms with Crippen LogP contribution in [0.3, 0.4) is 0 Å². The first-order valence-electron chi connectivity index (χ1n) is 6.76. The Hall–Kier alpha value is -0.420. The quantitative estimate of drug-likeness (QED) is 0.762. The van der Waals surface area contributed by atoms with Crippen molar-refractivity contribution in [2.24, 2.45) is 0 Å². The summed E-state index contributed by atoms with van der Waals surface area (Å²) in [6.45, 7) is 5.41. The van der Waals surface area contributed by atoms with Gasteiger partial charge in [-0.3, -0.25) is 9.00 Å². The zero-order valence-electron chi connectivity index (χ0n) is 11.3. The molecule has 2 rings (SSSR count). The highest BCUT2D eigenvalue weighted by Gasteiger charge is 2.37. The molecule has 2 unspecified atom stereocenters. The van der Waals surface area contributed by atoms with E-state index in [4.69, 9.17) is 4.74 Å². The highest BCUT2D eigenvalue weighted by atomic mass is 32.2. The van der Waals surface area contributed by atoms with Crippen molar-refractivity contribution in [2.45, 2.75) is 51.2 Å². The number of carbonyl (C=O) groups excluding carboxylic acids is 1. The zero-order chi connectivity index (χ0) is 13.2. The summed E-state index contributed by atoms with van der Waals surface area (Å²) in [5.74, 6) is 1.36. The maximum absolute atomic E-state index is 12.3. The van der Waals surface area contributed by atoms with E-state index in [2.05, 4.69) is 0 Å². The Morgan fingerprint density at radius 1 is 1.44 bits per heavy atom. The first-order valence-corrected chi connectivity index (χ1v) is 8.25. The molecule has 2 fully saturated rings. The molecule has 1 amide bonds. The fraction of sp³-hybridized carbons (Fsp3) is 0.923. The fourth-order valence-corrected chi connectivity index (χ4v) is 4.25. The monoisotopic (exact) mass is 273 g/mol. The molecule has 0 aromatic heterocycles. The number of hydrogen-bond acceptors (Lipinski definition) is 3. The minimum absolute atomic E-state index is 0.0921. The van der Waals surface area contributed by atoms with Crippen LogP contribution < -0.4 is 0 Å². The van der Waals surface area contributed by atoms with E-state index in [0.29, 0.717) is 24.5 Å². The molecule has 0 aliphatic carbocycles. The third-order valence-electron chi connectivity index (χ3n) is 3.76. The standard InChI is InChI=1S/C13H23NO3S/c1-13(2)10-18(16)8-6-14(13)12(15)9-11-5-3-4-7-17-11/h11H,3-10H2,1-2H3. The van der Waals surface area contributed by atoms with Crippen molar-refractivity contribution in [1.29, 1.82) is 0 Å². The molecule has 0 aromatic carbocycles. The van der Waals surface area contributed by atoms with E-state index < -0.39 is 10.8 Å². The predicted molar refractivity (Wildman–Crippen MR) is 71.9 cm³/mol. The van der Waals surface area contributed by atoms with Gasteiger partial charge in [-0.1, -0.05) is 0 Å². The number of rotatable bonds is 2. The molecule has 2 aliphatic rings. The van der Waals surface area contributed by atoms with Crippen molar-refractivity contribution in [3.8, 4) is 0 Å². The average molecular weight is 273 g/mol. The second kappa shape index (κ2) is 5.70. The Kier molecular flexibility index (Phi) is 4.43. The molecule has 5 heteroatoms. The van der Waals surface area contributed by atoms with Crippen LogP contribution in [0.15, 0.2) is 0 Å². The van der Waals surface area contributed by atoms with E-state index in [1.165, 1.54) is 0 Å². The molecule has 18 heavy (non-hydrogen) atoms. The summed E-state index contributed by atoms with van der Waals surface area (Å²) in [5, 5.41) is 0. The molecule has 2 heterocycles. The van der Waals surface area contributed by atoms with Gasteiger partial charge in [0.2, 0.25) is 5.91 Å². The van der Waals surface area contributed by atoms with Crippen LogP contribution in [0.1, 0.15) is 39.5 Å². The number of nitrogens with zero attached hydrogens (tertiary/aromatic N) is 1. The fourth-order valence-electron chi connectivity index (χ4n) is 2.78. The number of hydrogen-bond donors (Lipinski definition) is 0. The zero-order valence-corrected chi connectivity index (χ0v) is 12.1. The third-order valence-corrected chi connectivity index (χ3v) is 5.43. The Morgan fingerprint density at radius 3 is 2.83 bits per heavy atom. The lowest BCUT2D eigenvalue weighted by atomic mass is 10.0. The van der Waals surface area contributed by atoms with Crippen molar-refractivity contribution in [3.63, 3.8) is 0 Å². The molecule has 2 aliphatic heterocycles. The van der Waals surface area contributed by atoms with Crippen molar-refractivity contribution in [3.05, 3.63) is 0 Å². The van der Waals surface area contributed by atoms with Crippen molar-refractivity contribution < 1.29 is 13.7 Å². The van der Waals surface area contributed by atoms with Crippen molar-refractivity contribution in [1.82, 2.24) is 4.90 Å². The van der Waals surface area contributed by atoms with Crippen LogP contribution in [0.5, 0.6) is 0 Å². The lowest BCUT2D eigenvalue weighted by molar-refractivity contribution is -0.139. The smallest absolute Gasteiger partial charge is 0.225 e. The highest BCUT2D eigenvalue weighted by molar-refractivity contribution is 7.85. The molecular formula is C13H23NO3S.